The van der Waals surface area contributed by atoms with Crippen LogP contribution in [0, 0.1) is 68.4 Å². The summed E-state index contributed by atoms with van der Waals surface area (Å²) < 4.78 is 13.6. The number of benzene rings is 1. The molecule has 0 radical (unpaired) electrons. The van der Waals surface area contributed by atoms with Crippen molar-refractivity contribution in [3.05, 3.63) is 42.1 Å². The third-order valence-corrected chi connectivity index (χ3v) is 17.3. The van der Waals surface area contributed by atoms with Crippen molar-refractivity contribution in [2.24, 2.45) is 62.6 Å². The van der Waals surface area contributed by atoms with E-state index in [1.54, 1.807) is 12.1 Å². The Hall–Kier alpha value is -2.21. The Labute approximate surface area is 294 Å². The Morgan fingerprint density at radius 3 is 2.39 bits per heavy atom. The maximum absolute atomic E-state index is 15.4. The van der Waals surface area contributed by atoms with E-state index in [0.29, 0.717) is 41.4 Å². The Bertz CT molecular complexity index is 1580. The number of carbonyl (C=O) groups excluding carboxylic acids is 1. The number of nitrogens with zero attached hydrogens (tertiary/aromatic N) is 2. The zero-order valence-corrected chi connectivity index (χ0v) is 31.3. The van der Waals surface area contributed by atoms with E-state index in [2.05, 4.69) is 58.4 Å². The number of likely N-dealkylation sites (tertiary alicyclic amines) is 1. The fourth-order valence-corrected chi connectivity index (χ4v) is 14.6. The smallest absolute Gasteiger partial charge is 0.229 e. The van der Waals surface area contributed by atoms with E-state index in [1.807, 2.05) is 6.20 Å². The minimum absolute atomic E-state index is 0.0309. The molecule has 1 aromatic carbocycles. The van der Waals surface area contributed by atoms with E-state index in [4.69, 9.17) is 4.98 Å². The van der Waals surface area contributed by atoms with E-state index < -0.39 is 0 Å². The third-order valence-electron chi connectivity index (χ3n) is 17.3. The van der Waals surface area contributed by atoms with Gasteiger partial charge in [0.25, 0.3) is 0 Å². The summed E-state index contributed by atoms with van der Waals surface area (Å²) in [5.74, 6) is 4.43. The Morgan fingerprint density at radius 2 is 1.65 bits per heavy atom. The van der Waals surface area contributed by atoms with E-state index in [0.717, 1.165) is 68.6 Å². The van der Waals surface area contributed by atoms with Gasteiger partial charge >= 0.3 is 0 Å². The van der Waals surface area contributed by atoms with Gasteiger partial charge < -0.3 is 15.0 Å². The highest BCUT2D eigenvalue weighted by Crippen LogP contribution is 2.77. The molecule has 2 heterocycles. The second-order valence-corrected chi connectivity index (χ2v) is 19.5. The topological polar surface area (TPSA) is 69.2 Å². The van der Waals surface area contributed by atoms with Crippen LogP contribution in [0.25, 0.3) is 11.3 Å². The van der Waals surface area contributed by atoms with Gasteiger partial charge in [-0.25, -0.2) is 9.37 Å². The number of rotatable bonds is 4. The first-order valence-electron chi connectivity index (χ1n) is 20.0. The molecule has 6 fully saturated rings. The van der Waals surface area contributed by atoms with Gasteiger partial charge in [-0.2, -0.15) is 0 Å². The maximum Gasteiger partial charge on any atom is 0.229 e. The second-order valence-electron chi connectivity index (χ2n) is 19.5. The molecular formula is C43H62FN3O2. The van der Waals surface area contributed by atoms with Gasteiger partial charge in [0.15, 0.2) is 0 Å². The predicted molar refractivity (Wildman–Crippen MR) is 193 cm³/mol. The van der Waals surface area contributed by atoms with Crippen LogP contribution >= 0.6 is 0 Å². The third kappa shape index (κ3) is 4.62. The second kappa shape index (κ2) is 11.4. The number of imidazole rings is 1. The van der Waals surface area contributed by atoms with Crippen LogP contribution in [0.5, 0.6) is 0 Å². The number of aromatic amines is 1. The molecule has 268 valence electrons. The Morgan fingerprint density at radius 1 is 0.898 bits per heavy atom. The SMILES string of the molecule is CC(C)C1CC[C@]2(C(=O)N3CCC[C@H]3c3ncc(-c4ccc(F)cc4)[nH]3)CC[C@]3(C)[C@H](CCC4[C@@]5(C)CC[C@H](O)C(C)(C)C5CC[C@]43C)C12. The highest BCUT2D eigenvalue weighted by atomic mass is 19.1. The van der Waals surface area contributed by atoms with E-state index >= 15 is 4.79 Å². The van der Waals surface area contributed by atoms with Crippen LogP contribution in [0.3, 0.4) is 0 Å². The lowest BCUT2D eigenvalue weighted by Gasteiger charge is -2.73. The van der Waals surface area contributed by atoms with E-state index in [-0.39, 0.29) is 45.0 Å². The number of aliphatic hydroxyl groups is 1. The number of nitrogens with one attached hydrogen (secondary N) is 1. The van der Waals surface area contributed by atoms with Gasteiger partial charge in [0.1, 0.15) is 11.6 Å². The lowest BCUT2D eigenvalue weighted by atomic mass is 9.32. The summed E-state index contributed by atoms with van der Waals surface area (Å²) in [5.41, 5.74) is 2.20. The largest absolute Gasteiger partial charge is 0.393 e. The number of carbonyl (C=O) groups is 1. The van der Waals surface area contributed by atoms with E-state index in [9.17, 15) is 9.50 Å². The average Bonchev–Trinajstić information content (AvgIpc) is 3.82. The van der Waals surface area contributed by atoms with Crippen molar-refractivity contribution >= 4 is 5.91 Å². The molecule has 6 heteroatoms. The summed E-state index contributed by atoms with van der Waals surface area (Å²) >= 11 is 0. The van der Waals surface area contributed by atoms with Crippen molar-refractivity contribution in [3.8, 4) is 11.3 Å². The quantitative estimate of drug-likeness (QED) is 0.340. The molecular weight excluding hydrogens is 609 g/mol. The first-order valence-corrected chi connectivity index (χ1v) is 20.0. The van der Waals surface area contributed by atoms with Crippen molar-refractivity contribution in [1.82, 2.24) is 14.9 Å². The van der Waals surface area contributed by atoms with Gasteiger partial charge in [0.2, 0.25) is 5.91 Å². The summed E-state index contributed by atoms with van der Waals surface area (Å²) in [5, 5.41) is 11.1. The van der Waals surface area contributed by atoms with Crippen molar-refractivity contribution < 1.29 is 14.3 Å². The molecule has 5 saturated carbocycles. The monoisotopic (exact) mass is 671 g/mol. The zero-order valence-electron chi connectivity index (χ0n) is 31.3. The van der Waals surface area contributed by atoms with Gasteiger partial charge in [0.05, 0.1) is 29.5 Å². The molecule has 49 heavy (non-hydrogen) atoms. The van der Waals surface area contributed by atoms with Crippen LogP contribution in [0.15, 0.2) is 30.5 Å². The van der Waals surface area contributed by atoms with Crippen molar-refractivity contribution in [3.63, 3.8) is 0 Å². The number of fused-ring (bicyclic) bond motifs is 7. The summed E-state index contributed by atoms with van der Waals surface area (Å²) in [6.07, 6.45) is 15.0. The number of H-pyrrole nitrogens is 1. The molecule has 1 aliphatic heterocycles. The molecule has 8 rings (SSSR count). The molecule has 5 nitrogen and oxygen atoms in total. The molecule has 1 aromatic heterocycles. The van der Waals surface area contributed by atoms with Crippen LogP contribution in [-0.2, 0) is 4.79 Å². The Balaban J connectivity index is 1.11. The fourth-order valence-electron chi connectivity index (χ4n) is 14.6. The lowest BCUT2D eigenvalue weighted by Crippen LogP contribution is -2.67. The standard InChI is InChI=1S/C43H62FN3O2/c1-26(2)29-16-21-43(38(49)47-24-8-9-32(47)37-45-25-31(46-37)27-10-12-28(44)13-11-27)23-22-41(6)30(36(29)43)14-15-34-40(5)19-18-35(48)39(3,4)33(40)17-20-42(34,41)7/h10-13,25-26,29-30,32-36,48H,8-9,14-24H2,1-7H3,(H,45,46)/t29?,30-,32+,33?,34?,35+,36?,40+,41-,42-,43+/m1/s1. The number of amides is 1. The minimum Gasteiger partial charge on any atom is -0.393 e. The van der Waals surface area contributed by atoms with Gasteiger partial charge in [0, 0.05) is 6.54 Å². The predicted octanol–water partition coefficient (Wildman–Crippen LogP) is 9.98. The molecule has 6 aliphatic rings. The summed E-state index contributed by atoms with van der Waals surface area (Å²) in [6, 6.07) is 6.53. The molecule has 5 aliphatic carbocycles. The molecule has 1 saturated heterocycles. The van der Waals surface area contributed by atoms with Crippen LogP contribution < -0.4 is 0 Å². The Kier molecular flexibility index (Phi) is 7.88. The first-order chi connectivity index (χ1) is 23.2. The number of hydrogen-bond acceptors (Lipinski definition) is 3. The highest BCUT2D eigenvalue weighted by molar-refractivity contribution is 5.84. The molecule has 1 amide bonds. The van der Waals surface area contributed by atoms with Crippen LogP contribution in [0.1, 0.15) is 137 Å². The molecule has 0 spiro atoms. The van der Waals surface area contributed by atoms with Gasteiger partial charge in [-0.3, -0.25) is 4.79 Å². The van der Waals surface area contributed by atoms with Gasteiger partial charge in [-0.05, 0) is 164 Å². The fraction of sp³-hybridized carbons (Fsp3) is 0.767. The molecule has 0 bridgehead atoms. The van der Waals surface area contributed by atoms with Crippen molar-refractivity contribution in [2.45, 2.75) is 138 Å². The normalized spacial score (nSPS) is 44.3. The van der Waals surface area contributed by atoms with Crippen molar-refractivity contribution in [1.29, 1.82) is 0 Å². The molecule has 2 aromatic rings. The zero-order chi connectivity index (χ0) is 34.7. The summed E-state index contributed by atoms with van der Waals surface area (Å²) in [7, 11) is 0. The van der Waals surface area contributed by atoms with Gasteiger partial charge in [-0.1, -0.05) is 48.5 Å². The summed E-state index contributed by atoms with van der Waals surface area (Å²) in [6.45, 7) is 18.3. The number of aromatic nitrogens is 2. The van der Waals surface area contributed by atoms with Crippen molar-refractivity contribution in [2.75, 3.05) is 6.54 Å². The highest BCUT2D eigenvalue weighted by Gasteiger charge is 2.72. The average molecular weight is 672 g/mol. The van der Waals surface area contributed by atoms with Gasteiger partial charge in [-0.15, -0.1) is 0 Å². The number of hydrogen-bond donors (Lipinski definition) is 2. The maximum atomic E-state index is 15.4. The molecule has 11 atom stereocenters. The van der Waals surface area contributed by atoms with Crippen LogP contribution in [0.4, 0.5) is 4.39 Å². The van der Waals surface area contributed by atoms with Crippen LogP contribution in [-0.4, -0.2) is 38.5 Å². The van der Waals surface area contributed by atoms with Crippen LogP contribution in [0.2, 0.25) is 0 Å². The number of aliphatic hydroxyl groups excluding tert-OH is 1. The first kappa shape index (κ1) is 33.9. The molecule has 2 N–H and O–H groups in total. The minimum atomic E-state index is -0.282. The summed E-state index contributed by atoms with van der Waals surface area (Å²) in [4.78, 5) is 26.0. The van der Waals surface area contributed by atoms with E-state index in [1.165, 1.54) is 44.2 Å². The molecule has 4 unspecified atom stereocenters. The number of halogens is 1. The lowest BCUT2D eigenvalue weighted by molar-refractivity contribution is -0.249.